The van der Waals surface area contributed by atoms with E-state index in [-0.39, 0.29) is 6.79 Å². The highest BCUT2D eigenvalue weighted by Gasteiger charge is 2.13. The number of nitrogens with zero attached hydrogens (tertiary/aromatic N) is 1. The van der Waals surface area contributed by atoms with E-state index in [2.05, 4.69) is 15.8 Å². The van der Waals surface area contributed by atoms with Crippen LogP contribution >= 0.6 is 12.2 Å². The molecule has 0 aromatic heterocycles. The number of hydrogen-bond acceptors (Lipinski definition) is 4. The molecule has 90 valence electrons. The van der Waals surface area contributed by atoms with Gasteiger partial charge in [-0.15, -0.1) is 0 Å². The quantitative estimate of drug-likeness (QED) is 0.470. The molecule has 17 heavy (non-hydrogen) atoms. The summed E-state index contributed by atoms with van der Waals surface area (Å²) in [6.07, 6.45) is 0. The van der Waals surface area contributed by atoms with Gasteiger partial charge in [0, 0.05) is 12.6 Å². The monoisotopic (exact) mass is 251 g/mol. The van der Waals surface area contributed by atoms with Gasteiger partial charge in [-0.1, -0.05) is 0 Å². The molecule has 1 aliphatic rings. The summed E-state index contributed by atoms with van der Waals surface area (Å²) in [5, 5.41) is 7.42. The lowest BCUT2D eigenvalue weighted by Crippen LogP contribution is -2.29. The second-order valence-corrected chi connectivity index (χ2v) is 3.86. The number of ether oxygens (including phenoxy) is 2. The van der Waals surface area contributed by atoms with Crippen molar-refractivity contribution in [1.29, 1.82) is 0 Å². The van der Waals surface area contributed by atoms with E-state index in [1.165, 1.54) is 0 Å². The Hall–Kier alpha value is -1.82. The molecule has 0 aliphatic carbocycles. The predicted octanol–water partition coefficient (Wildman–Crippen LogP) is 1.23. The number of benzene rings is 1. The van der Waals surface area contributed by atoms with Gasteiger partial charge in [-0.2, -0.15) is 5.10 Å². The van der Waals surface area contributed by atoms with Crippen molar-refractivity contribution in [3.63, 3.8) is 0 Å². The Morgan fingerprint density at radius 3 is 2.88 bits per heavy atom. The maximum atomic E-state index is 5.30. The van der Waals surface area contributed by atoms with Crippen LogP contribution in [0.1, 0.15) is 12.5 Å². The number of hydrazone groups is 1. The second kappa shape index (κ2) is 5.01. The van der Waals surface area contributed by atoms with E-state index < -0.39 is 0 Å². The third kappa shape index (κ3) is 2.65. The first-order valence-electron chi connectivity index (χ1n) is 5.12. The van der Waals surface area contributed by atoms with Gasteiger partial charge in [0.15, 0.2) is 16.6 Å². The van der Waals surface area contributed by atoms with Crippen LogP contribution < -0.4 is 20.2 Å². The summed E-state index contributed by atoms with van der Waals surface area (Å²) < 4.78 is 10.5. The number of nitrogens with one attached hydrogen (secondary N) is 2. The fourth-order valence-corrected chi connectivity index (χ4v) is 1.42. The molecular weight excluding hydrogens is 238 g/mol. The van der Waals surface area contributed by atoms with Gasteiger partial charge in [0.1, 0.15) is 0 Å². The molecule has 0 radical (unpaired) electrons. The Kier molecular flexibility index (Phi) is 3.43. The summed E-state index contributed by atoms with van der Waals surface area (Å²) in [4.78, 5) is 0. The van der Waals surface area contributed by atoms with Crippen LogP contribution in [-0.2, 0) is 0 Å². The van der Waals surface area contributed by atoms with E-state index in [4.69, 9.17) is 21.7 Å². The van der Waals surface area contributed by atoms with Gasteiger partial charge in [-0.05, 0) is 37.3 Å². The van der Waals surface area contributed by atoms with Crippen molar-refractivity contribution in [2.75, 3.05) is 13.8 Å². The summed E-state index contributed by atoms with van der Waals surface area (Å²) in [7, 11) is 1.74. The zero-order chi connectivity index (χ0) is 12.3. The maximum Gasteiger partial charge on any atom is 0.231 e. The van der Waals surface area contributed by atoms with Crippen LogP contribution in [0.2, 0.25) is 0 Å². The van der Waals surface area contributed by atoms with Gasteiger partial charge in [0.25, 0.3) is 0 Å². The molecule has 0 fully saturated rings. The predicted molar refractivity (Wildman–Crippen MR) is 69.6 cm³/mol. The molecule has 2 rings (SSSR count). The molecule has 0 saturated heterocycles. The molecule has 0 bridgehead atoms. The number of fused-ring (bicyclic) bond motifs is 1. The molecule has 1 heterocycles. The zero-order valence-corrected chi connectivity index (χ0v) is 10.4. The smallest absolute Gasteiger partial charge is 0.231 e. The van der Waals surface area contributed by atoms with Gasteiger partial charge >= 0.3 is 0 Å². The molecule has 0 atom stereocenters. The van der Waals surface area contributed by atoms with Gasteiger partial charge in [-0.3, -0.25) is 5.43 Å². The molecule has 1 aliphatic heterocycles. The van der Waals surface area contributed by atoms with E-state index in [1.54, 1.807) is 7.05 Å². The van der Waals surface area contributed by atoms with Crippen LogP contribution in [-0.4, -0.2) is 24.7 Å². The summed E-state index contributed by atoms with van der Waals surface area (Å²) >= 11 is 4.93. The third-order valence-electron chi connectivity index (χ3n) is 2.34. The number of thiocarbonyl (C=S) groups is 1. The fourth-order valence-electron chi connectivity index (χ4n) is 1.38. The minimum atomic E-state index is 0.275. The molecule has 0 spiro atoms. The first-order chi connectivity index (χ1) is 8.20. The van der Waals surface area contributed by atoms with Crippen molar-refractivity contribution >= 4 is 23.0 Å². The molecule has 5 nitrogen and oxygen atoms in total. The molecule has 0 unspecified atom stereocenters. The Balaban J connectivity index is 2.14. The standard InChI is InChI=1S/C11H13N3O2S/c1-7(13-14-11(17)12-2)8-3-4-9-10(5-8)16-6-15-9/h3-5H,6H2,1-2H3,(H2,12,14,17)/b13-7-. The Morgan fingerprint density at radius 2 is 2.12 bits per heavy atom. The Labute approximate surface area is 105 Å². The lowest BCUT2D eigenvalue weighted by atomic mass is 10.1. The molecule has 1 aromatic rings. The number of hydrogen-bond donors (Lipinski definition) is 2. The van der Waals surface area contributed by atoms with Gasteiger partial charge in [0.2, 0.25) is 6.79 Å². The van der Waals surface area contributed by atoms with Crippen molar-refractivity contribution in [3.8, 4) is 11.5 Å². The normalized spacial score (nSPS) is 13.4. The van der Waals surface area contributed by atoms with Crippen molar-refractivity contribution in [2.24, 2.45) is 5.10 Å². The molecule has 1 aromatic carbocycles. The topological polar surface area (TPSA) is 54.9 Å². The van der Waals surface area contributed by atoms with Gasteiger partial charge in [-0.25, -0.2) is 0 Å². The van der Waals surface area contributed by atoms with E-state index in [1.807, 2.05) is 25.1 Å². The molecule has 2 N–H and O–H groups in total. The van der Waals surface area contributed by atoms with Crippen LogP contribution in [0.4, 0.5) is 0 Å². The van der Waals surface area contributed by atoms with E-state index in [0.29, 0.717) is 5.11 Å². The van der Waals surface area contributed by atoms with Crippen LogP contribution in [0.5, 0.6) is 11.5 Å². The molecule has 0 amide bonds. The van der Waals surface area contributed by atoms with Crippen molar-refractivity contribution in [1.82, 2.24) is 10.7 Å². The van der Waals surface area contributed by atoms with E-state index in [9.17, 15) is 0 Å². The molecule has 0 saturated carbocycles. The molecular formula is C11H13N3O2S. The Bertz CT molecular complexity index is 474. The van der Waals surface area contributed by atoms with Gasteiger partial charge in [0.05, 0.1) is 5.71 Å². The highest BCUT2D eigenvalue weighted by atomic mass is 32.1. The van der Waals surface area contributed by atoms with Crippen LogP contribution in [0.15, 0.2) is 23.3 Å². The summed E-state index contributed by atoms with van der Waals surface area (Å²) in [6.45, 7) is 2.17. The summed E-state index contributed by atoms with van der Waals surface area (Å²) in [6, 6.07) is 5.69. The van der Waals surface area contributed by atoms with E-state index in [0.717, 1.165) is 22.8 Å². The van der Waals surface area contributed by atoms with Crippen molar-refractivity contribution < 1.29 is 9.47 Å². The summed E-state index contributed by atoms with van der Waals surface area (Å²) in [5.74, 6) is 1.51. The fraction of sp³-hybridized carbons (Fsp3) is 0.273. The average molecular weight is 251 g/mol. The first kappa shape index (κ1) is 11.7. The van der Waals surface area contributed by atoms with Crippen molar-refractivity contribution in [2.45, 2.75) is 6.92 Å². The minimum Gasteiger partial charge on any atom is -0.454 e. The highest BCUT2D eigenvalue weighted by Crippen LogP contribution is 2.32. The maximum absolute atomic E-state index is 5.30. The van der Waals surface area contributed by atoms with Crippen LogP contribution in [0.25, 0.3) is 0 Å². The van der Waals surface area contributed by atoms with Gasteiger partial charge < -0.3 is 14.8 Å². The average Bonchev–Trinajstić information content (AvgIpc) is 2.82. The number of rotatable bonds is 2. The second-order valence-electron chi connectivity index (χ2n) is 3.46. The minimum absolute atomic E-state index is 0.275. The first-order valence-corrected chi connectivity index (χ1v) is 5.53. The van der Waals surface area contributed by atoms with Crippen molar-refractivity contribution in [3.05, 3.63) is 23.8 Å². The molecule has 6 heteroatoms. The Morgan fingerprint density at radius 1 is 1.35 bits per heavy atom. The zero-order valence-electron chi connectivity index (χ0n) is 9.61. The lowest BCUT2D eigenvalue weighted by Gasteiger charge is -2.04. The van der Waals surface area contributed by atoms with Crippen LogP contribution in [0.3, 0.4) is 0 Å². The summed E-state index contributed by atoms with van der Waals surface area (Å²) in [5.41, 5.74) is 4.51. The van der Waals surface area contributed by atoms with Crippen LogP contribution in [0, 0.1) is 0 Å². The largest absolute Gasteiger partial charge is 0.454 e. The van der Waals surface area contributed by atoms with E-state index >= 15 is 0 Å². The third-order valence-corrected chi connectivity index (χ3v) is 2.64. The SMILES string of the molecule is CNC(=S)N/N=C(/C)c1ccc2c(c1)OCO2. The lowest BCUT2D eigenvalue weighted by molar-refractivity contribution is 0.174. The highest BCUT2D eigenvalue weighted by molar-refractivity contribution is 7.80.